The summed E-state index contributed by atoms with van der Waals surface area (Å²) in [7, 11) is 0. The number of alkyl halides is 1. The van der Waals surface area contributed by atoms with E-state index in [1.54, 1.807) is 61.4 Å². The van der Waals surface area contributed by atoms with Crippen LogP contribution in [0.5, 0.6) is 0 Å². The molecule has 2 aliphatic heterocycles. The van der Waals surface area contributed by atoms with Gasteiger partial charge in [-0.25, -0.2) is 34.7 Å². The Balaban J connectivity index is 0.000000155. The van der Waals surface area contributed by atoms with Gasteiger partial charge in [0, 0.05) is 86.0 Å². The minimum absolute atomic E-state index is 0.327. The molecule has 0 spiro atoms. The molecule has 382 valence electrons. The third-order valence-corrected chi connectivity index (χ3v) is 11.9. The van der Waals surface area contributed by atoms with Crippen molar-refractivity contribution in [3.8, 4) is 57.2 Å². The zero-order valence-electron chi connectivity index (χ0n) is 41.5. The monoisotopic (exact) mass is 1130 g/mol. The van der Waals surface area contributed by atoms with E-state index < -0.39 is 6.03 Å². The summed E-state index contributed by atoms with van der Waals surface area (Å²) < 4.78 is 17.1. The number of pyridine rings is 2. The minimum atomic E-state index is -0.426. The van der Waals surface area contributed by atoms with Crippen molar-refractivity contribution in [3.63, 3.8) is 0 Å². The molecule has 0 unspecified atom stereocenters. The summed E-state index contributed by atoms with van der Waals surface area (Å²) in [4.78, 5) is 49.9. The summed E-state index contributed by atoms with van der Waals surface area (Å²) in [5.41, 5.74) is 22.0. The van der Waals surface area contributed by atoms with E-state index in [4.69, 9.17) is 32.8 Å². The first-order chi connectivity index (χ1) is 37.7. The molecule has 0 radical (unpaired) electrons. The number of benzene rings is 2. The van der Waals surface area contributed by atoms with E-state index in [2.05, 4.69) is 86.8 Å². The second kappa shape index (κ2) is 24.5. The van der Waals surface area contributed by atoms with Crippen molar-refractivity contribution in [1.29, 1.82) is 10.5 Å². The van der Waals surface area contributed by atoms with E-state index in [-0.39, 0.29) is 0 Å². The number of halogens is 1. The Morgan fingerprint density at radius 3 is 1.55 bits per heavy atom. The highest BCUT2D eigenvalue weighted by Gasteiger charge is 2.20. The molecule has 0 saturated carbocycles. The molecule has 8 aromatic heterocycles. The van der Waals surface area contributed by atoms with Gasteiger partial charge in [-0.1, -0.05) is 46.9 Å². The normalized spacial score (nSPS) is 13.1. The van der Waals surface area contributed by atoms with Crippen LogP contribution in [-0.4, -0.2) is 124 Å². The van der Waals surface area contributed by atoms with Gasteiger partial charge in [-0.15, -0.1) is 0 Å². The molecule has 12 rings (SSSR count). The maximum absolute atomic E-state index is 12.5. The molecule has 2 aliphatic rings. The van der Waals surface area contributed by atoms with Crippen molar-refractivity contribution in [2.24, 2.45) is 0 Å². The lowest BCUT2D eigenvalue weighted by Gasteiger charge is -2.27. The van der Waals surface area contributed by atoms with Crippen molar-refractivity contribution in [3.05, 3.63) is 133 Å². The number of amides is 2. The Labute approximate surface area is 449 Å². The highest BCUT2D eigenvalue weighted by molar-refractivity contribution is 14.1. The predicted molar refractivity (Wildman–Crippen MR) is 299 cm³/mol. The van der Waals surface area contributed by atoms with E-state index in [9.17, 15) is 4.79 Å². The molecule has 10 aromatic rings. The third-order valence-electron chi connectivity index (χ3n) is 11.9. The Morgan fingerprint density at radius 2 is 1.09 bits per heavy atom. The number of nitrogen functional groups attached to an aromatic ring is 2. The average Bonchev–Trinajstić information content (AvgIpc) is 4.37. The molecule has 24 heteroatoms. The van der Waals surface area contributed by atoms with Gasteiger partial charge in [0.05, 0.1) is 48.6 Å². The van der Waals surface area contributed by atoms with Gasteiger partial charge in [-0.05, 0) is 76.7 Å². The number of aromatic nitrogens is 12. The van der Waals surface area contributed by atoms with Crippen molar-refractivity contribution in [2.45, 2.75) is 0 Å². The number of aromatic amines is 4. The second-order valence-electron chi connectivity index (χ2n) is 16.7. The first-order valence-electron chi connectivity index (χ1n) is 24.2. The van der Waals surface area contributed by atoms with Crippen LogP contribution in [0, 0.1) is 22.7 Å². The third kappa shape index (κ3) is 12.5. The van der Waals surface area contributed by atoms with Crippen LogP contribution in [0.2, 0.25) is 0 Å². The van der Waals surface area contributed by atoms with Gasteiger partial charge in [0.15, 0.2) is 5.82 Å². The SMILES string of the molecule is N#Cc1ccc(-c2cc(N)n[nH]2)cn1.N#Cc1ccc(-c2cc(NC(=O)Nc3ccc(-c4cc5c(N6CCOCC6)ncnc5[nH]4)cc3)n[nH]2)cn1.Nc1ccc(-c2cc3c(N4CCOCC4)ncnc3[nH]2)cc1.[2H]CI. The largest absolute Gasteiger partial charge is 0.399 e. The summed E-state index contributed by atoms with van der Waals surface area (Å²) in [5, 5.41) is 38.5. The zero-order chi connectivity index (χ0) is 53.5. The topological polar surface area (TPSA) is 332 Å². The van der Waals surface area contributed by atoms with E-state index in [1.165, 1.54) is 0 Å². The Hall–Kier alpha value is -9.50. The number of hydrogen-bond donors (Lipinski definition) is 8. The number of morpholine rings is 2. The molecule has 10 N–H and O–H groups in total. The first kappa shape index (κ1) is 50.1. The molecule has 23 nitrogen and oxygen atoms in total. The molecule has 76 heavy (non-hydrogen) atoms. The fourth-order valence-electron chi connectivity index (χ4n) is 8.15. The predicted octanol–water partition coefficient (Wildman–Crippen LogP) is 7.78. The van der Waals surface area contributed by atoms with Gasteiger partial charge >= 0.3 is 6.03 Å². The van der Waals surface area contributed by atoms with Gasteiger partial charge in [-0.2, -0.15) is 20.7 Å². The van der Waals surface area contributed by atoms with Crippen LogP contribution in [0.1, 0.15) is 12.8 Å². The van der Waals surface area contributed by atoms with E-state index in [0.717, 1.165) is 118 Å². The maximum Gasteiger partial charge on any atom is 0.324 e. The molecular weight excluding hydrogens is 1080 g/mol. The second-order valence-corrected chi connectivity index (χ2v) is 16.7. The highest BCUT2D eigenvalue weighted by atomic mass is 127. The van der Waals surface area contributed by atoms with Gasteiger partial charge in [-0.3, -0.25) is 15.5 Å². The van der Waals surface area contributed by atoms with Crippen LogP contribution < -0.4 is 31.9 Å². The Bertz CT molecular complexity index is 3630. The van der Waals surface area contributed by atoms with Gasteiger partial charge in [0.1, 0.15) is 64.9 Å². The molecular formula is C52H49IN20O3. The van der Waals surface area contributed by atoms with Crippen molar-refractivity contribution in [1.82, 2.24) is 60.3 Å². The summed E-state index contributed by atoms with van der Waals surface area (Å²) in [6.45, 7) is 6.13. The van der Waals surface area contributed by atoms with Crippen molar-refractivity contribution < 1.29 is 15.6 Å². The van der Waals surface area contributed by atoms with E-state index in [0.29, 0.717) is 52.5 Å². The number of urea groups is 1. The number of nitrogens with zero attached hydrogens (tertiary/aromatic N) is 12. The number of hydrogen-bond acceptors (Lipinski definition) is 17. The summed E-state index contributed by atoms with van der Waals surface area (Å²) in [6, 6.07) is 33.2. The number of carbonyl (C=O) groups is 1. The average molecular weight is 1130 g/mol. The Kier molecular flexibility index (Phi) is 16.1. The zero-order valence-corrected chi connectivity index (χ0v) is 42.7. The molecule has 2 saturated heterocycles. The Morgan fingerprint density at radius 1 is 0.618 bits per heavy atom. The van der Waals surface area contributed by atoms with Crippen LogP contribution in [0.4, 0.5) is 39.4 Å². The number of anilines is 6. The summed E-state index contributed by atoms with van der Waals surface area (Å²) in [5.74, 6) is 2.65. The van der Waals surface area contributed by atoms with Crippen LogP contribution in [0.15, 0.2) is 122 Å². The molecule has 10 heterocycles. The molecule has 0 bridgehead atoms. The lowest BCUT2D eigenvalue weighted by molar-refractivity contribution is 0.122. The van der Waals surface area contributed by atoms with Gasteiger partial charge < -0.3 is 46.0 Å². The number of nitriles is 2. The van der Waals surface area contributed by atoms with E-state index in [1.807, 2.05) is 89.3 Å². The van der Waals surface area contributed by atoms with Crippen LogP contribution in [0.25, 0.3) is 67.1 Å². The number of fused-ring (bicyclic) bond motifs is 2. The summed E-state index contributed by atoms with van der Waals surface area (Å²) >= 11 is 1.96. The van der Waals surface area contributed by atoms with Crippen LogP contribution >= 0.6 is 22.6 Å². The maximum atomic E-state index is 12.5. The first-order valence-corrected chi connectivity index (χ1v) is 25.0. The lowest BCUT2D eigenvalue weighted by atomic mass is 10.1. The quantitative estimate of drug-likeness (QED) is 0.0409. The fraction of sp³-hybridized carbons (Fsp3) is 0.173. The molecule has 2 fully saturated rings. The number of nitrogens with one attached hydrogen (secondary N) is 6. The molecule has 2 aromatic carbocycles. The number of carbonyl (C=O) groups excluding carboxylic acids is 1. The standard InChI is InChI=1S/C26H22N10O2.C16H17N5O.C9H7N5.CH3I/c27-13-19-6-3-17(14-28-19)22-12-23(35-34-22)33-26(37)31-18-4-1-16(2-5-18)21-11-20-24(32-21)29-15-30-25(20)36-7-9-38-10-8-36;17-12-3-1-11(2-4-12)14-9-13-15(20-14)18-10-19-16(13)21-5-7-22-8-6-21;10-4-7-2-1-6(5-12-7)8-3-9(11)14-13-8;1-2/h1-6,11-12,14-15H,7-10H2,(H,29,30,32)(H3,31,33,34,35,37);1-4,9-10H,5-8,17H2,(H,18,19,20);1-3,5H,(H3,11,13,14);1H3/i;;;1D. The molecule has 0 atom stereocenters. The number of rotatable bonds is 8. The smallest absolute Gasteiger partial charge is 0.324 e. The molecule has 2 amide bonds. The van der Waals surface area contributed by atoms with Gasteiger partial charge in [0.2, 0.25) is 0 Å². The lowest BCUT2D eigenvalue weighted by Crippen LogP contribution is -2.36. The highest BCUT2D eigenvalue weighted by Crippen LogP contribution is 2.31. The number of ether oxygens (including phenoxy) is 2. The minimum Gasteiger partial charge on any atom is -0.399 e. The number of H-pyrrole nitrogens is 4. The fourth-order valence-corrected chi connectivity index (χ4v) is 8.15. The van der Waals surface area contributed by atoms with Crippen LogP contribution in [0.3, 0.4) is 0 Å². The van der Waals surface area contributed by atoms with E-state index >= 15 is 0 Å². The van der Waals surface area contributed by atoms with Crippen molar-refractivity contribution in [2.75, 3.05) is 89.4 Å². The van der Waals surface area contributed by atoms with Crippen LogP contribution in [-0.2, 0) is 9.47 Å². The summed E-state index contributed by atoms with van der Waals surface area (Å²) in [6.07, 6.45) is 6.35. The number of nitrogens with two attached hydrogens (primary N) is 2. The van der Waals surface area contributed by atoms with Crippen molar-refractivity contribution >= 4 is 85.3 Å². The van der Waals surface area contributed by atoms with Gasteiger partial charge in [0.25, 0.3) is 0 Å². The molecule has 0 aliphatic carbocycles.